The van der Waals surface area contributed by atoms with Crippen molar-refractivity contribution in [3.05, 3.63) is 0 Å². The molecule has 2 heteroatoms. The van der Waals surface area contributed by atoms with Gasteiger partial charge in [-0.05, 0) is 31.3 Å². The van der Waals surface area contributed by atoms with Gasteiger partial charge in [-0.2, -0.15) is 0 Å². The number of piperidine rings is 1. The Morgan fingerprint density at radius 1 is 1.27 bits per heavy atom. The van der Waals surface area contributed by atoms with Gasteiger partial charge < -0.3 is 4.90 Å². The average molecular weight is 176 g/mol. The van der Waals surface area contributed by atoms with Gasteiger partial charge >= 0.3 is 0 Å². The molecule has 0 aromatic rings. The van der Waals surface area contributed by atoms with E-state index in [0.717, 1.165) is 12.4 Å². The molecule has 0 N–H and O–H groups in total. The SMILES string of the molecule is CC1(C)CCN(CCCl)CC1. The van der Waals surface area contributed by atoms with Crippen LogP contribution in [0.2, 0.25) is 0 Å². The monoisotopic (exact) mass is 175 g/mol. The zero-order valence-corrected chi connectivity index (χ0v) is 8.32. The first-order valence-corrected chi connectivity index (χ1v) is 4.96. The molecule has 1 saturated heterocycles. The van der Waals surface area contributed by atoms with E-state index in [-0.39, 0.29) is 0 Å². The van der Waals surface area contributed by atoms with Crippen LogP contribution in [0.25, 0.3) is 0 Å². The first-order valence-electron chi connectivity index (χ1n) is 4.42. The maximum absolute atomic E-state index is 5.66. The normalized spacial score (nSPS) is 25.4. The van der Waals surface area contributed by atoms with Crippen molar-refractivity contribution in [1.82, 2.24) is 4.90 Å². The molecule has 1 nitrogen and oxygen atoms in total. The second-order valence-corrected chi connectivity index (χ2v) is 4.57. The van der Waals surface area contributed by atoms with Gasteiger partial charge in [-0.15, -0.1) is 11.6 Å². The summed E-state index contributed by atoms with van der Waals surface area (Å²) in [7, 11) is 0. The maximum Gasteiger partial charge on any atom is 0.0351 e. The molecule has 0 spiro atoms. The predicted octanol–water partition coefficient (Wildman–Crippen LogP) is 2.35. The molecule has 0 saturated carbocycles. The standard InChI is InChI=1S/C9H18ClN/c1-9(2)3-6-11(7-4-9)8-5-10/h3-8H2,1-2H3. The lowest BCUT2D eigenvalue weighted by atomic mass is 9.83. The van der Waals surface area contributed by atoms with Gasteiger partial charge in [0.1, 0.15) is 0 Å². The maximum atomic E-state index is 5.66. The largest absolute Gasteiger partial charge is 0.302 e. The fourth-order valence-corrected chi connectivity index (χ4v) is 1.74. The van der Waals surface area contributed by atoms with Crippen LogP contribution in [0.4, 0.5) is 0 Å². The summed E-state index contributed by atoms with van der Waals surface area (Å²) in [5.74, 6) is 0.778. The highest BCUT2D eigenvalue weighted by atomic mass is 35.5. The highest BCUT2D eigenvalue weighted by Crippen LogP contribution is 2.29. The van der Waals surface area contributed by atoms with Crippen molar-refractivity contribution in [2.24, 2.45) is 5.41 Å². The molecule has 1 aliphatic rings. The summed E-state index contributed by atoms with van der Waals surface area (Å²) in [6.07, 6.45) is 2.65. The quantitative estimate of drug-likeness (QED) is 0.583. The number of hydrogen-bond acceptors (Lipinski definition) is 1. The van der Waals surface area contributed by atoms with Crippen molar-refractivity contribution < 1.29 is 0 Å². The lowest BCUT2D eigenvalue weighted by Gasteiger charge is -2.36. The van der Waals surface area contributed by atoms with Crippen molar-refractivity contribution in [3.63, 3.8) is 0 Å². The van der Waals surface area contributed by atoms with E-state index < -0.39 is 0 Å². The Morgan fingerprint density at radius 3 is 2.27 bits per heavy atom. The smallest absolute Gasteiger partial charge is 0.0351 e. The summed E-state index contributed by atoms with van der Waals surface area (Å²) in [5.41, 5.74) is 0.572. The van der Waals surface area contributed by atoms with Crippen molar-refractivity contribution in [3.8, 4) is 0 Å². The van der Waals surface area contributed by atoms with Crippen LogP contribution in [0.15, 0.2) is 0 Å². The van der Waals surface area contributed by atoms with Crippen molar-refractivity contribution in [2.75, 3.05) is 25.5 Å². The number of nitrogens with zero attached hydrogens (tertiary/aromatic N) is 1. The zero-order chi connectivity index (χ0) is 8.32. The first-order chi connectivity index (χ1) is 5.14. The van der Waals surface area contributed by atoms with Crippen LogP contribution in [0.5, 0.6) is 0 Å². The van der Waals surface area contributed by atoms with Gasteiger partial charge in [-0.25, -0.2) is 0 Å². The molecule has 0 unspecified atom stereocenters. The van der Waals surface area contributed by atoms with E-state index in [2.05, 4.69) is 18.7 Å². The van der Waals surface area contributed by atoms with Crippen molar-refractivity contribution in [2.45, 2.75) is 26.7 Å². The van der Waals surface area contributed by atoms with E-state index in [4.69, 9.17) is 11.6 Å². The Bertz CT molecular complexity index is 113. The topological polar surface area (TPSA) is 3.24 Å². The van der Waals surface area contributed by atoms with Gasteiger partial charge in [0.25, 0.3) is 0 Å². The number of likely N-dealkylation sites (tertiary alicyclic amines) is 1. The number of halogens is 1. The van der Waals surface area contributed by atoms with Gasteiger partial charge in [0.05, 0.1) is 0 Å². The lowest BCUT2D eigenvalue weighted by Crippen LogP contribution is -2.38. The average Bonchev–Trinajstić information content (AvgIpc) is 1.94. The molecule has 1 heterocycles. The van der Waals surface area contributed by atoms with Crippen LogP contribution >= 0.6 is 11.6 Å². The Kier molecular flexibility index (Phi) is 3.20. The summed E-state index contributed by atoms with van der Waals surface area (Å²) >= 11 is 5.66. The molecule has 0 amide bonds. The molecule has 66 valence electrons. The van der Waals surface area contributed by atoms with E-state index >= 15 is 0 Å². The van der Waals surface area contributed by atoms with Crippen LogP contribution in [0.3, 0.4) is 0 Å². The molecule has 0 aromatic carbocycles. The molecule has 0 aromatic heterocycles. The summed E-state index contributed by atoms with van der Waals surface area (Å²) in [6, 6.07) is 0. The Balaban J connectivity index is 2.25. The third-order valence-corrected chi connectivity index (χ3v) is 2.78. The van der Waals surface area contributed by atoms with Gasteiger partial charge in [0, 0.05) is 12.4 Å². The van der Waals surface area contributed by atoms with Gasteiger partial charge in [0.15, 0.2) is 0 Å². The Morgan fingerprint density at radius 2 is 1.82 bits per heavy atom. The number of hydrogen-bond donors (Lipinski definition) is 0. The molecule has 0 atom stereocenters. The van der Waals surface area contributed by atoms with Crippen LogP contribution in [0.1, 0.15) is 26.7 Å². The molecule has 1 rings (SSSR count). The third kappa shape index (κ3) is 3.00. The second-order valence-electron chi connectivity index (χ2n) is 4.19. The van der Waals surface area contributed by atoms with E-state index in [1.54, 1.807) is 0 Å². The molecular weight excluding hydrogens is 158 g/mol. The molecule has 1 fully saturated rings. The molecule has 0 bridgehead atoms. The van der Waals surface area contributed by atoms with Gasteiger partial charge in [-0.3, -0.25) is 0 Å². The van der Waals surface area contributed by atoms with E-state index in [0.29, 0.717) is 5.41 Å². The second kappa shape index (κ2) is 3.77. The highest BCUT2D eigenvalue weighted by molar-refractivity contribution is 6.18. The highest BCUT2D eigenvalue weighted by Gasteiger charge is 2.24. The Labute approximate surface area is 74.7 Å². The third-order valence-electron chi connectivity index (χ3n) is 2.61. The predicted molar refractivity (Wildman–Crippen MR) is 50.2 cm³/mol. The minimum Gasteiger partial charge on any atom is -0.302 e. The van der Waals surface area contributed by atoms with Crippen LogP contribution in [-0.4, -0.2) is 30.4 Å². The molecular formula is C9H18ClN. The Hall–Kier alpha value is 0.250. The number of alkyl halides is 1. The fourth-order valence-electron chi connectivity index (χ4n) is 1.50. The molecule has 1 aliphatic heterocycles. The molecule has 0 radical (unpaired) electrons. The van der Waals surface area contributed by atoms with E-state index in [1.807, 2.05) is 0 Å². The summed E-state index contributed by atoms with van der Waals surface area (Å²) in [6.45, 7) is 8.24. The van der Waals surface area contributed by atoms with E-state index in [1.165, 1.54) is 25.9 Å². The summed E-state index contributed by atoms with van der Waals surface area (Å²) in [5, 5.41) is 0. The minimum absolute atomic E-state index is 0.572. The van der Waals surface area contributed by atoms with E-state index in [9.17, 15) is 0 Å². The summed E-state index contributed by atoms with van der Waals surface area (Å²) in [4.78, 5) is 2.46. The zero-order valence-electron chi connectivity index (χ0n) is 7.57. The van der Waals surface area contributed by atoms with Crippen LogP contribution in [-0.2, 0) is 0 Å². The minimum atomic E-state index is 0.572. The first kappa shape index (κ1) is 9.34. The van der Waals surface area contributed by atoms with Gasteiger partial charge in [0.2, 0.25) is 0 Å². The number of rotatable bonds is 2. The van der Waals surface area contributed by atoms with Crippen LogP contribution in [0, 0.1) is 5.41 Å². The molecule has 0 aliphatic carbocycles. The van der Waals surface area contributed by atoms with Crippen LogP contribution < -0.4 is 0 Å². The lowest BCUT2D eigenvalue weighted by molar-refractivity contribution is 0.139. The fraction of sp³-hybridized carbons (Fsp3) is 1.00. The van der Waals surface area contributed by atoms with Gasteiger partial charge in [-0.1, -0.05) is 13.8 Å². The molecule has 11 heavy (non-hydrogen) atoms. The summed E-state index contributed by atoms with van der Waals surface area (Å²) < 4.78 is 0. The van der Waals surface area contributed by atoms with Crippen molar-refractivity contribution >= 4 is 11.6 Å². The van der Waals surface area contributed by atoms with Crippen molar-refractivity contribution in [1.29, 1.82) is 0 Å².